The van der Waals surface area contributed by atoms with Crippen molar-refractivity contribution in [2.24, 2.45) is 0 Å². The minimum absolute atomic E-state index is 0.416. The van der Waals surface area contributed by atoms with E-state index in [2.05, 4.69) is 4.98 Å². The highest BCUT2D eigenvalue weighted by atomic mass is 35.5. The molecule has 0 aromatic carbocycles. The first kappa shape index (κ1) is 7.35. The van der Waals surface area contributed by atoms with Gasteiger partial charge in [0, 0.05) is 5.69 Å². The molecule has 0 aliphatic heterocycles. The summed E-state index contributed by atoms with van der Waals surface area (Å²) < 4.78 is 0. The van der Waals surface area contributed by atoms with Gasteiger partial charge in [-0.1, -0.05) is 11.6 Å². The second kappa shape index (κ2) is 2.46. The summed E-state index contributed by atoms with van der Waals surface area (Å²) in [6.07, 6.45) is 0. The number of halogens is 1. The van der Waals surface area contributed by atoms with Gasteiger partial charge in [-0.3, -0.25) is 0 Å². The minimum atomic E-state index is 0.416. The second-order valence-electron chi connectivity index (χ2n) is 2.28. The SMILES string of the molecule is Cc1cc(C)c(Cl)c(N)n1. The Hall–Kier alpha value is -0.760. The summed E-state index contributed by atoms with van der Waals surface area (Å²) in [6, 6.07) is 1.90. The lowest BCUT2D eigenvalue weighted by molar-refractivity contribution is 1.19. The number of rotatable bonds is 0. The molecule has 0 unspecified atom stereocenters. The van der Waals surface area contributed by atoms with E-state index in [-0.39, 0.29) is 0 Å². The van der Waals surface area contributed by atoms with Gasteiger partial charge in [0.05, 0.1) is 5.02 Å². The predicted molar refractivity (Wildman–Crippen MR) is 43.1 cm³/mol. The van der Waals surface area contributed by atoms with Crippen LogP contribution in [0.4, 0.5) is 5.82 Å². The lowest BCUT2D eigenvalue weighted by Gasteiger charge is -2.01. The number of hydrogen-bond donors (Lipinski definition) is 1. The van der Waals surface area contributed by atoms with Crippen LogP contribution in [0.1, 0.15) is 11.3 Å². The molecule has 0 aliphatic rings. The molecule has 1 heterocycles. The monoisotopic (exact) mass is 156 g/mol. The zero-order valence-corrected chi connectivity index (χ0v) is 6.74. The van der Waals surface area contributed by atoms with Crippen LogP contribution in [-0.4, -0.2) is 4.98 Å². The average molecular weight is 157 g/mol. The molecule has 3 heteroatoms. The van der Waals surface area contributed by atoms with Gasteiger partial charge in [0.15, 0.2) is 0 Å². The zero-order chi connectivity index (χ0) is 7.72. The molecule has 54 valence electrons. The summed E-state index contributed by atoms with van der Waals surface area (Å²) in [5.74, 6) is 0.416. The van der Waals surface area contributed by atoms with Crippen LogP contribution in [-0.2, 0) is 0 Å². The molecule has 0 bridgehead atoms. The number of anilines is 1. The highest BCUT2D eigenvalue weighted by Gasteiger charge is 2.00. The molecular weight excluding hydrogens is 148 g/mol. The van der Waals surface area contributed by atoms with E-state index >= 15 is 0 Å². The molecule has 0 saturated carbocycles. The van der Waals surface area contributed by atoms with Gasteiger partial charge in [-0.05, 0) is 25.5 Å². The molecule has 2 nitrogen and oxygen atoms in total. The average Bonchev–Trinajstić information content (AvgIpc) is 1.82. The number of nitrogens with two attached hydrogens (primary N) is 1. The van der Waals surface area contributed by atoms with Gasteiger partial charge in [0.2, 0.25) is 0 Å². The largest absolute Gasteiger partial charge is 0.382 e. The van der Waals surface area contributed by atoms with Crippen molar-refractivity contribution in [1.29, 1.82) is 0 Å². The Kier molecular flexibility index (Phi) is 1.81. The minimum Gasteiger partial charge on any atom is -0.382 e. The summed E-state index contributed by atoms with van der Waals surface area (Å²) >= 11 is 5.76. The third-order valence-electron chi connectivity index (χ3n) is 1.29. The molecule has 0 amide bonds. The van der Waals surface area contributed by atoms with E-state index in [1.165, 1.54) is 0 Å². The predicted octanol–water partition coefficient (Wildman–Crippen LogP) is 1.93. The molecule has 0 fully saturated rings. The third-order valence-corrected chi connectivity index (χ3v) is 1.79. The van der Waals surface area contributed by atoms with Gasteiger partial charge in [-0.25, -0.2) is 4.98 Å². The fourth-order valence-electron chi connectivity index (χ4n) is 0.850. The molecule has 10 heavy (non-hydrogen) atoms. The molecule has 0 atom stereocenters. The number of aryl methyl sites for hydroxylation is 2. The van der Waals surface area contributed by atoms with Gasteiger partial charge in [0.1, 0.15) is 5.82 Å². The molecule has 2 N–H and O–H groups in total. The normalized spacial score (nSPS) is 9.90. The van der Waals surface area contributed by atoms with Crippen molar-refractivity contribution < 1.29 is 0 Å². The summed E-state index contributed by atoms with van der Waals surface area (Å²) in [6.45, 7) is 3.80. The number of nitrogen functional groups attached to an aromatic ring is 1. The van der Waals surface area contributed by atoms with Gasteiger partial charge < -0.3 is 5.73 Å². The Morgan fingerprint density at radius 2 is 2.10 bits per heavy atom. The molecule has 1 aromatic heterocycles. The lowest BCUT2D eigenvalue weighted by Crippen LogP contribution is -1.94. The summed E-state index contributed by atoms with van der Waals surface area (Å²) in [5, 5.41) is 0.561. The standard InChI is InChI=1S/C7H9ClN2/c1-4-3-5(2)10-7(9)6(4)8/h3H,1-2H3,(H2,9,10). The van der Waals surface area contributed by atoms with Gasteiger partial charge in [-0.2, -0.15) is 0 Å². The van der Waals surface area contributed by atoms with E-state index in [4.69, 9.17) is 17.3 Å². The van der Waals surface area contributed by atoms with E-state index in [0.717, 1.165) is 11.3 Å². The Labute approximate surface area is 65.0 Å². The fraction of sp³-hybridized carbons (Fsp3) is 0.286. The fourth-order valence-corrected chi connectivity index (χ4v) is 0.947. The van der Waals surface area contributed by atoms with Crippen LogP contribution in [0.5, 0.6) is 0 Å². The van der Waals surface area contributed by atoms with Crippen molar-refractivity contribution >= 4 is 17.4 Å². The first-order chi connectivity index (χ1) is 4.61. The second-order valence-corrected chi connectivity index (χ2v) is 2.66. The van der Waals surface area contributed by atoms with Crippen molar-refractivity contribution in [3.05, 3.63) is 22.3 Å². The maximum Gasteiger partial charge on any atom is 0.142 e. The summed E-state index contributed by atoms with van der Waals surface area (Å²) in [5.41, 5.74) is 7.36. The highest BCUT2D eigenvalue weighted by Crippen LogP contribution is 2.20. The number of nitrogens with zero attached hydrogens (tertiary/aromatic N) is 1. The van der Waals surface area contributed by atoms with Gasteiger partial charge in [-0.15, -0.1) is 0 Å². The van der Waals surface area contributed by atoms with Crippen LogP contribution >= 0.6 is 11.6 Å². The van der Waals surface area contributed by atoms with Crippen molar-refractivity contribution in [2.45, 2.75) is 13.8 Å². The van der Waals surface area contributed by atoms with E-state index in [1.54, 1.807) is 0 Å². The number of hydrogen-bond acceptors (Lipinski definition) is 2. The van der Waals surface area contributed by atoms with E-state index in [1.807, 2.05) is 19.9 Å². The molecule has 0 saturated heterocycles. The quantitative estimate of drug-likeness (QED) is 0.624. The lowest BCUT2D eigenvalue weighted by atomic mass is 10.2. The van der Waals surface area contributed by atoms with Crippen LogP contribution in [0.2, 0.25) is 5.02 Å². The Bertz CT molecular complexity index is 235. The smallest absolute Gasteiger partial charge is 0.142 e. The van der Waals surface area contributed by atoms with E-state index in [0.29, 0.717) is 10.8 Å². The number of pyridine rings is 1. The molecule has 0 aliphatic carbocycles. The van der Waals surface area contributed by atoms with Crippen LogP contribution in [0.15, 0.2) is 6.07 Å². The summed E-state index contributed by atoms with van der Waals surface area (Å²) in [4.78, 5) is 3.98. The molecule has 1 rings (SSSR count). The maximum absolute atomic E-state index is 5.76. The molecule has 1 aromatic rings. The first-order valence-corrected chi connectivity index (χ1v) is 3.38. The molecule has 0 spiro atoms. The Balaban J connectivity index is 3.31. The zero-order valence-electron chi connectivity index (χ0n) is 5.98. The maximum atomic E-state index is 5.76. The van der Waals surface area contributed by atoms with Crippen molar-refractivity contribution in [3.63, 3.8) is 0 Å². The van der Waals surface area contributed by atoms with Crippen LogP contribution < -0.4 is 5.73 Å². The van der Waals surface area contributed by atoms with Crippen LogP contribution in [0.25, 0.3) is 0 Å². The van der Waals surface area contributed by atoms with E-state index in [9.17, 15) is 0 Å². The third kappa shape index (κ3) is 1.21. The topological polar surface area (TPSA) is 38.9 Å². The Morgan fingerprint density at radius 3 is 2.60 bits per heavy atom. The molecular formula is C7H9ClN2. The van der Waals surface area contributed by atoms with Crippen LogP contribution in [0, 0.1) is 13.8 Å². The first-order valence-electron chi connectivity index (χ1n) is 3.00. The van der Waals surface area contributed by atoms with Crippen LogP contribution in [0.3, 0.4) is 0 Å². The summed E-state index contributed by atoms with van der Waals surface area (Å²) in [7, 11) is 0. The van der Waals surface area contributed by atoms with Crippen molar-refractivity contribution in [3.8, 4) is 0 Å². The van der Waals surface area contributed by atoms with Crippen molar-refractivity contribution in [2.75, 3.05) is 5.73 Å². The molecule has 0 radical (unpaired) electrons. The Morgan fingerprint density at radius 1 is 1.50 bits per heavy atom. The highest BCUT2D eigenvalue weighted by molar-refractivity contribution is 6.33. The van der Waals surface area contributed by atoms with Crippen molar-refractivity contribution in [1.82, 2.24) is 4.98 Å². The number of aromatic nitrogens is 1. The van der Waals surface area contributed by atoms with E-state index < -0.39 is 0 Å². The van der Waals surface area contributed by atoms with Gasteiger partial charge >= 0.3 is 0 Å². The van der Waals surface area contributed by atoms with Gasteiger partial charge in [0.25, 0.3) is 0 Å².